The second-order valence-corrected chi connectivity index (χ2v) is 7.14. The lowest BCUT2D eigenvalue weighted by Gasteiger charge is -2.17. The van der Waals surface area contributed by atoms with Gasteiger partial charge in [-0.3, -0.25) is 0 Å². The molecule has 0 aliphatic rings. The first kappa shape index (κ1) is 27.1. The maximum atomic E-state index is 9.57. The number of methoxy groups -OCH3 is 4. The molecule has 0 heterocycles. The van der Waals surface area contributed by atoms with Crippen LogP contribution in [-0.4, -0.2) is 87.5 Å². The molecule has 188 valence electrons. The van der Waals surface area contributed by atoms with E-state index >= 15 is 0 Å². The normalized spacial score (nSPS) is 12.8. The molecule has 0 aliphatic heterocycles. The molecular formula is C24H32O10. The van der Waals surface area contributed by atoms with Gasteiger partial charge in [0.2, 0.25) is 11.5 Å². The monoisotopic (exact) mass is 480 g/mol. The summed E-state index contributed by atoms with van der Waals surface area (Å²) in [6.07, 6.45) is 1.58. The average Bonchev–Trinajstić information content (AvgIpc) is 2.88. The van der Waals surface area contributed by atoms with E-state index in [0.29, 0.717) is 34.5 Å². The van der Waals surface area contributed by atoms with Crippen molar-refractivity contribution in [3.05, 3.63) is 35.4 Å². The van der Waals surface area contributed by atoms with Gasteiger partial charge in [-0.15, -0.1) is 0 Å². The van der Waals surface area contributed by atoms with Crippen LogP contribution in [0.3, 0.4) is 0 Å². The molecule has 2 aromatic carbocycles. The van der Waals surface area contributed by atoms with E-state index < -0.39 is 25.4 Å². The molecule has 0 saturated carbocycles. The molecule has 0 bridgehead atoms. The summed E-state index contributed by atoms with van der Waals surface area (Å²) in [4.78, 5) is 0. The molecule has 0 aromatic heterocycles. The Balaban J connectivity index is 2.34. The van der Waals surface area contributed by atoms with Crippen molar-refractivity contribution in [2.24, 2.45) is 0 Å². The van der Waals surface area contributed by atoms with Gasteiger partial charge in [0, 0.05) is 0 Å². The number of ether oxygens (including phenoxy) is 6. The van der Waals surface area contributed by atoms with E-state index in [0.717, 1.165) is 11.1 Å². The number of hydrogen-bond donors (Lipinski definition) is 4. The lowest BCUT2D eigenvalue weighted by atomic mass is 10.1. The summed E-state index contributed by atoms with van der Waals surface area (Å²) in [5, 5.41) is 37.1. The molecule has 34 heavy (non-hydrogen) atoms. The van der Waals surface area contributed by atoms with E-state index in [1.165, 1.54) is 28.4 Å². The lowest BCUT2D eigenvalue weighted by Crippen LogP contribution is -2.21. The van der Waals surface area contributed by atoms with Crippen molar-refractivity contribution in [3.8, 4) is 34.5 Å². The Kier molecular flexibility index (Phi) is 10.8. The molecule has 0 aliphatic carbocycles. The Morgan fingerprint density at radius 2 is 0.912 bits per heavy atom. The molecule has 0 amide bonds. The van der Waals surface area contributed by atoms with Crippen LogP contribution in [0, 0.1) is 0 Å². The fourth-order valence-corrected chi connectivity index (χ4v) is 2.93. The minimum Gasteiger partial charge on any atom is -0.493 e. The molecule has 0 fully saturated rings. The van der Waals surface area contributed by atoms with Gasteiger partial charge in [-0.2, -0.15) is 0 Å². The topological polar surface area (TPSA) is 136 Å². The van der Waals surface area contributed by atoms with Crippen LogP contribution in [-0.2, 0) is 0 Å². The van der Waals surface area contributed by atoms with Gasteiger partial charge in [-0.1, -0.05) is 12.2 Å². The maximum absolute atomic E-state index is 9.57. The van der Waals surface area contributed by atoms with E-state index in [-0.39, 0.29) is 13.2 Å². The van der Waals surface area contributed by atoms with Gasteiger partial charge in [0.15, 0.2) is 23.0 Å². The van der Waals surface area contributed by atoms with E-state index in [1.807, 2.05) is 12.2 Å². The molecule has 2 atom stereocenters. The molecule has 10 nitrogen and oxygen atoms in total. The minimum absolute atomic E-state index is 0.123. The second-order valence-electron chi connectivity index (χ2n) is 7.14. The molecule has 10 heteroatoms. The molecule has 2 aromatic rings. The van der Waals surface area contributed by atoms with Gasteiger partial charge >= 0.3 is 0 Å². The molecule has 2 unspecified atom stereocenters. The molecule has 4 N–H and O–H groups in total. The van der Waals surface area contributed by atoms with Gasteiger partial charge in [0.1, 0.15) is 25.4 Å². The third kappa shape index (κ3) is 7.16. The van der Waals surface area contributed by atoms with Crippen LogP contribution in [0.4, 0.5) is 0 Å². The Bertz CT molecular complexity index is 818. The third-order valence-corrected chi connectivity index (χ3v) is 4.70. The third-order valence-electron chi connectivity index (χ3n) is 4.70. The smallest absolute Gasteiger partial charge is 0.203 e. The predicted octanol–water partition coefficient (Wildman–Crippen LogP) is 1.36. The van der Waals surface area contributed by atoms with Crippen LogP contribution in [0.1, 0.15) is 11.1 Å². The number of rotatable bonds is 14. The first-order chi connectivity index (χ1) is 16.4. The fraction of sp³-hybridized carbons (Fsp3) is 0.417. The highest BCUT2D eigenvalue weighted by Gasteiger charge is 2.17. The van der Waals surface area contributed by atoms with Crippen molar-refractivity contribution in [1.29, 1.82) is 0 Å². The number of benzene rings is 2. The van der Waals surface area contributed by atoms with Gasteiger partial charge < -0.3 is 48.8 Å². The van der Waals surface area contributed by atoms with Crippen molar-refractivity contribution in [3.63, 3.8) is 0 Å². The highest BCUT2D eigenvalue weighted by molar-refractivity contribution is 5.75. The van der Waals surface area contributed by atoms with Gasteiger partial charge in [-0.25, -0.2) is 0 Å². The predicted molar refractivity (Wildman–Crippen MR) is 125 cm³/mol. The summed E-state index contributed by atoms with van der Waals surface area (Å²) < 4.78 is 32.8. The van der Waals surface area contributed by atoms with Crippen LogP contribution in [0.2, 0.25) is 0 Å². The minimum atomic E-state index is -1.03. The maximum Gasteiger partial charge on any atom is 0.203 e. The Morgan fingerprint density at radius 1 is 0.618 bits per heavy atom. The van der Waals surface area contributed by atoms with Crippen molar-refractivity contribution in [2.45, 2.75) is 12.2 Å². The van der Waals surface area contributed by atoms with Crippen LogP contribution in [0.15, 0.2) is 24.3 Å². The van der Waals surface area contributed by atoms with Crippen LogP contribution >= 0.6 is 0 Å². The van der Waals surface area contributed by atoms with Gasteiger partial charge in [0.05, 0.1) is 41.7 Å². The van der Waals surface area contributed by atoms with Crippen LogP contribution < -0.4 is 28.4 Å². The van der Waals surface area contributed by atoms with Crippen LogP contribution in [0.25, 0.3) is 12.2 Å². The van der Waals surface area contributed by atoms with Crippen molar-refractivity contribution in [1.82, 2.24) is 0 Å². The zero-order chi connectivity index (χ0) is 25.1. The fourth-order valence-electron chi connectivity index (χ4n) is 2.93. The summed E-state index contributed by atoms with van der Waals surface area (Å²) in [6, 6.07) is 6.95. The van der Waals surface area contributed by atoms with Crippen molar-refractivity contribution in [2.75, 3.05) is 54.9 Å². The summed E-state index contributed by atoms with van der Waals surface area (Å²) >= 11 is 0. The Labute approximate surface area is 198 Å². The van der Waals surface area contributed by atoms with E-state index in [1.54, 1.807) is 24.3 Å². The van der Waals surface area contributed by atoms with E-state index in [9.17, 15) is 10.2 Å². The SMILES string of the molecule is COc1cc(C=Cc2cc(OC)c(OCC(O)CO)c(OC)c2)cc(OC)c1OCC(O)CO. The summed E-state index contributed by atoms with van der Waals surface area (Å²) in [7, 11) is 5.94. The molecule has 0 radical (unpaired) electrons. The van der Waals surface area contributed by atoms with Crippen LogP contribution in [0.5, 0.6) is 34.5 Å². The van der Waals surface area contributed by atoms with Gasteiger partial charge in [-0.05, 0) is 35.4 Å². The standard InChI is InChI=1S/C24H32O10/c1-29-19-7-15(8-20(30-2)23(19)33-13-17(27)11-25)5-6-16-9-21(31-3)24(22(10-16)32-4)34-14-18(28)12-26/h5-10,17-18,25-28H,11-14H2,1-4H3. The first-order valence-electron chi connectivity index (χ1n) is 10.4. The van der Waals surface area contributed by atoms with Gasteiger partial charge in [0.25, 0.3) is 0 Å². The largest absolute Gasteiger partial charge is 0.493 e. The quantitative estimate of drug-likeness (QED) is 0.293. The highest BCUT2D eigenvalue weighted by atomic mass is 16.5. The summed E-state index contributed by atoms with van der Waals surface area (Å²) in [5.41, 5.74) is 1.49. The molecule has 0 saturated heterocycles. The van der Waals surface area contributed by atoms with E-state index in [2.05, 4.69) is 0 Å². The number of aliphatic hydroxyl groups excluding tert-OH is 4. The highest BCUT2D eigenvalue weighted by Crippen LogP contribution is 2.41. The number of hydrogen-bond acceptors (Lipinski definition) is 10. The molecule has 2 rings (SSSR count). The van der Waals surface area contributed by atoms with Crippen molar-refractivity contribution >= 4 is 12.2 Å². The average molecular weight is 481 g/mol. The first-order valence-corrected chi connectivity index (χ1v) is 10.4. The number of aliphatic hydroxyl groups is 4. The Morgan fingerprint density at radius 3 is 1.15 bits per heavy atom. The van der Waals surface area contributed by atoms with Crippen molar-refractivity contribution < 1.29 is 48.8 Å². The lowest BCUT2D eigenvalue weighted by molar-refractivity contribution is 0.0518. The Hall–Kier alpha value is -3.18. The summed E-state index contributed by atoms with van der Waals surface area (Å²) in [5.74, 6) is 2.20. The summed E-state index contributed by atoms with van der Waals surface area (Å²) in [6.45, 7) is -1.10. The zero-order valence-corrected chi connectivity index (χ0v) is 19.7. The molecular weight excluding hydrogens is 448 g/mol. The van der Waals surface area contributed by atoms with E-state index in [4.69, 9.17) is 38.6 Å². The molecule has 0 spiro atoms. The zero-order valence-electron chi connectivity index (χ0n) is 19.7. The second kappa shape index (κ2) is 13.5.